The molecule has 0 radical (unpaired) electrons. The molecule has 0 saturated carbocycles. The molecule has 1 amide bonds. The van der Waals surface area contributed by atoms with Gasteiger partial charge in [0.2, 0.25) is 0 Å². The highest BCUT2D eigenvalue weighted by atomic mass is 35.5. The molecule has 2 aromatic rings. The van der Waals surface area contributed by atoms with Crippen LogP contribution in [0.5, 0.6) is 0 Å². The molecule has 7 heteroatoms. The molecule has 20 heavy (non-hydrogen) atoms. The van der Waals surface area contributed by atoms with Crippen molar-refractivity contribution in [2.24, 2.45) is 0 Å². The van der Waals surface area contributed by atoms with Gasteiger partial charge in [0.05, 0.1) is 16.5 Å². The van der Waals surface area contributed by atoms with Crippen molar-refractivity contribution in [1.29, 1.82) is 0 Å². The lowest BCUT2D eigenvalue weighted by atomic mass is 10.1. The third kappa shape index (κ3) is 3.49. The normalized spacial score (nSPS) is 10.6. The first-order chi connectivity index (χ1) is 9.51. The molecule has 2 N–H and O–H groups in total. The minimum atomic E-state index is -0.477. The number of amides is 1. The molecule has 0 fully saturated rings. The van der Waals surface area contributed by atoms with Gasteiger partial charge in [-0.3, -0.25) is 4.79 Å². The topological polar surface area (TPSA) is 49.3 Å². The standard InChI is InChI=1S/C13H10Cl2FNO2S/c14-11-4-9(12(15)20-11)13(19)17-5-7-1-2-10(16)8(3-7)6-18/h1-4,18H,5-6H2,(H,17,19). The summed E-state index contributed by atoms with van der Waals surface area (Å²) in [6.07, 6.45) is 0. The predicted molar refractivity (Wildman–Crippen MR) is 77.8 cm³/mol. The van der Waals surface area contributed by atoms with Gasteiger partial charge in [0.25, 0.3) is 5.91 Å². The molecule has 0 aliphatic carbocycles. The summed E-state index contributed by atoms with van der Waals surface area (Å²) >= 11 is 12.8. The molecule has 3 nitrogen and oxygen atoms in total. The summed E-state index contributed by atoms with van der Waals surface area (Å²) in [5, 5.41) is 11.6. The van der Waals surface area contributed by atoms with E-state index in [9.17, 15) is 9.18 Å². The molecule has 1 heterocycles. The van der Waals surface area contributed by atoms with Crippen LogP contribution in [0.2, 0.25) is 8.67 Å². The van der Waals surface area contributed by atoms with E-state index < -0.39 is 5.82 Å². The van der Waals surface area contributed by atoms with Gasteiger partial charge in [-0.2, -0.15) is 0 Å². The molecule has 0 bridgehead atoms. The first-order valence-corrected chi connectivity index (χ1v) is 7.19. The predicted octanol–water partition coefficient (Wildman–Crippen LogP) is 3.62. The molecule has 2 rings (SSSR count). The van der Waals surface area contributed by atoms with Gasteiger partial charge in [-0.05, 0) is 23.8 Å². The summed E-state index contributed by atoms with van der Waals surface area (Å²) in [6, 6.07) is 5.78. The Kier molecular flexibility index (Phi) is 4.99. The third-order valence-corrected chi connectivity index (χ3v) is 4.12. The van der Waals surface area contributed by atoms with Gasteiger partial charge in [0, 0.05) is 12.1 Å². The van der Waals surface area contributed by atoms with Crippen LogP contribution in [0.1, 0.15) is 21.5 Å². The number of aliphatic hydroxyl groups is 1. The maximum atomic E-state index is 13.2. The smallest absolute Gasteiger partial charge is 0.253 e. The third-order valence-electron chi connectivity index (χ3n) is 2.63. The Labute approximate surface area is 129 Å². The summed E-state index contributed by atoms with van der Waals surface area (Å²) in [6.45, 7) is -0.185. The van der Waals surface area contributed by atoms with Crippen molar-refractivity contribution in [2.75, 3.05) is 0 Å². The first kappa shape index (κ1) is 15.3. The molecular weight excluding hydrogens is 324 g/mol. The lowest BCUT2D eigenvalue weighted by Crippen LogP contribution is -2.22. The van der Waals surface area contributed by atoms with E-state index in [2.05, 4.69) is 5.32 Å². The van der Waals surface area contributed by atoms with Gasteiger partial charge >= 0.3 is 0 Å². The van der Waals surface area contributed by atoms with Crippen LogP contribution in [0.25, 0.3) is 0 Å². The highest BCUT2D eigenvalue weighted by molar-refractivity contribution is 7.20. The van der Waals surface area contributed by atoms with Gasteiger partial charge in [0.15, 0.2) is 0 Å². The number of thiophene rings is 1. The van der Waals surface area contributed by atoms with Crippen LogP contribution in [-0.4, -0.2) is 11.0 Å². The summed E-state index contributed by atoms with van der Waals surface area (Å²) in [4.78, 5) is 11.9. The summed E-state index contributed by atoms with van der Waals surface area (Å²) < 4.78 is 14.0. The zero-order valence-electron chi connectivity index (χ0n) is 10.1. The van der Waals surface area contributed by atoms with Crippen molar-refractivity contribution in [3.63, 3.8) is 0 Å². The summed E-state index contributed by atoms with van der Waals surface area (Å²) in [7, 11) is 0. The lowest BCUT2D eigenvalue weighted by molar-refractivity contribution is 0.0951. The van der Waals surface area contributed by atoms with Gasteiger partial charge in [0.1, 0.15) is 10.2 Å². The molecule has 1 aromatic heterocycles. The van der Waals surface area contributed by atoms with Crippen LogP contribution < -0.4 is 5.32 Å². The number of aliphatic hydroxyl groups excluding tert-OH is 1. The largest absolute Gasteiger partial charge is 0.392 e. The second-order valence-electron chi connectivity index (χ2n) is 4.00. The van der Waals surface area contributed by atoms with Gasteiger partial charge in [-0.1, -0.05) is 29.3 Å². The van der Waals surface area contributed by atoms with Crippen molar-refractivity contribution in [2.45, 2.75) is 13.2 Å². The van der Waals surface area contributed by atoms with Crippen LogP contribution in [0.15, 0.2) is 24.3 Å². The zero-order chi connectivity index (χ0) is 14.7. The SMILES string of the molecule is O=C(NCc1ccc(F)c(CO)c1)c1cc(Cl)sc1Cl. The Bertz CT molecular complexity index is 645. The number of benzene rings is 1. The Morgan fingerprint density at radius 2 is 2.10 bits per heavy atom. The minimum Gasteiger partial charge on any atom is -0.392 e. The van der Waals surface area contributed by atoms with Crippen molar-refractivity contribution >= 4 is 40.4 Å². The molecular formula is C13H10Cl2FNO2S. The number of halogens is 3. The maximum Gasteiger partial charge on any atom is 0.253 e. The van der Waals surface area contributed by atoms with Crippen LogP contribution in [0, 0.1) is 5.82 Å². The van der Waals surface area contributed by atoms with E-state index in [1.54, 1.807) is 0 Å². The second kappa shape index (κ2) is 6.54. The van der Waals surface area contributed by atoms with Gasteiger partial charge < -0.3 is 10.4 Å². The highest BCUT2D eigenvalue weighted by Gasteiger charge is 2.14. The minimum absolute atomic E-state index is 0.188. The molecule has 0 unspecified atom stereocenters. The average molecular weight is 334 g/mol. The highest BCUT2D eigenvalue weighted by Crippen LogP contribution is 2.31. The fraction of sp³-hybridized carbons (Fsp3) is 0.154. The van der Waals surface area contributed by atoms with Gasteiger partial charge in [-0.15, -0.1) is 11.3 Å². The molecule has 0 aliphatic rings. The Hall–Kier alpha value is -1.14. The first-order valence-electron chi connectivity index (χ1n) is 5.62. The van der Waals surface area contributed by atoms with Crippen molar-refractivity contribution in [1.82, 2.24) is 5.32 Å². The molecule has 0 aliphatic heterocycles. The Morgan fingerprint density at radius 1 is 1.35 bits per heavy atom. The second-order valence-corrected chi connectivity index (χ2v) is 6.29. The molecule has 1 aromatic carbocycles. The van der Waals surface area contributed by atoms with Crippen molar-refractivity contribution in [3.8, 4) is 0 Å². The molecule has 0 atom stereocenters. The summed E-state index contributed by atoms with van der Waals surface area (Å²) in [5.41, 5.74) is 1.18. The van der Waals surface area contributed by atoms with E-state index in [1.807, 2.05) is 0 Å². The van der Waals surface area contributed by atoms with Crippen LogP contribution in [-0.2, 0) is 13.2 Å². The number of hydrogen-bond donors (Lipinski definition) is 2. The Balaban J connectivity index is 2.05. The van der Waals surface area contributed by atoms with E-state index in [-0.39, 0.29) is 24.6 Å². The van der Waals surface area contributed by atoms with Crippen molar-refractivity contribution in [3.05, 3.63) is 55.4 Å². The van der Waals surface area contributed by atoms with Crippen molar-refractivity contribution < 1.29 is 14.3 Å². The van der Waals surface area contributed by atoms with E-state index in [0.717, 1.165) is 11.3 Å². The molecule has 0 saturated heterocycles. The van der Waals surface area contributed by atoms with Crippen LogP contribution in [0.4, 0.5) is 4.39 Å². The van der Waals surface area contributed by atoms with E-state index in [0.29, 0.717) is 19.8 Å². The fourth-order valence-electron chi connectivity index (χ4n) is 1.63. The number of nitrogens with one attached hydrogen (secondary N) is 1. The number of rotatable bonds is 4. The monoisotopic (exact) mass is 333 g/mol. The quantitative estimate of drug-likeness (QED) is 0.897. The van der Waals surface area contributed by atoms with E-state index in [1.165, 1.54) is 24.3 Å². The van der Waals surface area contributed by atoms with Gasteiger partial charge in [-0.25, -0.2) is 4.39 Å². The van der Waals surface area contributed by atoms with E-state index in [4.69, 9.17) is 28.3 Å². The average Bonchev–Trinajstić information content (AvgIpc) is 2.76. The van der Waals surface area contributed by atoms with Crippen LogP contribution in [0.3, 0.4) is 0 Å². The van der Waals surface area contributed by atoms with E-state index >= 15 is 0 Å². The summed E-state index contributed by atoms with van der Waals surface area (Å²) in [5.74, 6) is -0.830. The Morgan fingerprint density at radius 3 is 2.70 bits per heavy atom. The molecule has 106 valence electrons. The number of carbonyl (C=O) groups excluding carboxylic acids is 1. The number of carbonyl (C=O) groups is 1. The zero-order valence-corrected chi connectivity index (χ0v) is 12.4. The number of hydrogen-bond acceptors (Lipinski definition) is 3. The molecule has 0 spiro atoms. The van der Waals surface area contributed by atoms with Crippen LogP contribution >= 0.6 is 34.5 Å². The lowest BCUT2D eigenvalue weighted by Gasteiger charge is -2.07. The maximum absolute atomic E-state index is 13.2. The fourth-order valence-corrected chi connectivity index (χ4v) is 3.09.